The van der Waals surface area contributed by atoms with Gasteiger partial charge in [0.05, 0.1) is 0 Å². The molecule has 1 aromatic carbocycles. The van der Waals surface area contributed by atoms with Crippen molar-refractivity contribution in [3.05, 3.63) is 35.4 Å². The van der Waals surface area contributed by atoms with E-state index >= 15 is 0 Å². The maximum atomic E-state index is 12.7. The van der Waals surface area contributed by atoms with E-state index in [1.165, 1.54) is 24.8 Å². The van der Waals surface area contributed by atoms with Gasteiger partial charge in [0.25, 0.3) is 5.91 Å². The van der Waals surface area contributed by atoms with Gasteiger partial charge in [-0.05, 0) is 41.9 Å². The molecule has 1 aromatic rings. The number of hydrogen-bond acceptors (Lipinski definition) is 2. The van der Waals surface area contributed by atoms with Gasteiger partial charge in [0.1, 0.15) is 6.04 Å². The van der Waals surface area contributed by atoms with E-state index in [0.717, 1.165) is 12.8 Å². The van der Waals surface area contributed by atoms with Crippen LogP contribution in [0.2, 0.25) is 0 Å². The highest BCUT2D eigenvalue weighted by atomic mass is 16.2. The van der Waals surface area contributed by atoms with Crippen molar-refractivity contribution in [2.24, 2.45) is 5.92 Å². The van der Waals surface area contributed by atoms with Gasteiger partial charge >= 0.3 is 0 Å². The SMILES string of the molecule is CC(C)[C@H](NC(=O)c1ccc(C(C)(C)C)cc1)C(=O)NC1CCCCC1. The number of benzene rings is 1. The molecule has 1 atom stereocenters. The highest BCUT2D eigenvalue weighted by Crippen LogP contribution is 2.22. The van der Waals surface area contributed by atoms with Gasteiger partial charge in [-0.25, -0.2) is 0 Å². The van der Waals surface area contributed by atoms with Crippen LogP contribution in [-0.2, 0) is 10.2 Å². The molecule has 0 aromatic heterocycles. The summed E-state index contributed by atoms with van der Waals surface area (Å²) in [5.41, 5.74) is 1.83. The van der Waals surface area contributed by atoms with Gasteiger partial charge in [0.2, 0.25) is 5.91 Å². The number of rotatable bonds is 5. The molecule has 0 aliphatic heterocycles. The number of amides is 2. The zero-order valence-electron chi connectivity index (χ0n) is 16.9. The first kappa shape index (κ1) is 20.5. The van der Waals surface area contributed by atoms with Gasteiger partial charge in [-0.15, -0.1) is 0 Å². The molecule has 4 nitrogen and oxygen atoms in total. The Balaban J connectivity index is 2.01. The summed E-state index contributed by atoms with van der Waals surface area (Å²) in [5, 5.41) is 6.06. The summed E-state index contributed by atoms with van der Waals surface area (Å²) in [6, 6.07) is 7.40. The Bertz CT molecular complexity index is 608. The molecule has 2 N–H and O–H groups in total. The van der Waals surface area contributed by atoms with E-state index in [4.69, 9.17) is 0 Å². The number of carbonyl (C=O) groups excluding carboxylic acids is 2. The highest BCUT2D eigenvalue weighted by molar-refractivity contribution is 5.97. The Labute approximate surface area is 158 Å². The van der Waals surface area contributed by atoms with Gasteiger partial charge in [0.15, 0.2) is 0 Å². The lowest BCUT2D eigenvalue weighted by Gasteiger charge is -2.27. The van der Waals surface area contributed by atoms with Crippen LogP contribution in [0.1, 0.15) is 82.6 Å². The van der Waals surface area contributed by atoms with Crippen molar-refractivity contribution in [1.82, 2.24) is 10.6 Å². The smallest absolute Gasteiger partial charge is 0.251 e. The largest absolute Gasteiger partial charge is 0.352 e. The van der Waals surface area contributed by atoms with Crippen LogP contribution in [0.3, 0.4) is 0 Å². The molecule has 26 heavy (non-hydrogen) atoms. The van der Waals surface area contributed by atoms with E-state index < -0.39 is 6.04 Å². The minimum atomic E-state index is -0.508. The fourth-order valence-corrected chi connectivity index (χ4v) is 3.42. The van der Waals surface area contributed by atoms with Crippen LogP contribution in [0.15, 0.2) is 24.3 Å². The van der Waals surface area contributed by atoms with Gasteiger partial charge < -0.3 is 10.6 Å². The van der Waals surface area contributed by atoms with Gasteiger partial charge in [-0.3, -0.25) is 9.59 Å². The summed E-state index contributed by atoms with van der Waals surface area (Å²) in [6.07, 6.45) is 5.67. The molecule has 4 heteroatoms. The molecule has 144 valence electrons. The zero-order chi connectivity index (χ0) is 19.3. The molecule has 1 aliphatic carbocycles. The quantitative estimate of drug-likeness (QED) is 0.829. The molecule has 0 spiro atoms. The summed E-state index contributed by atoms with van der Waals surface area (Å²) >= 11 is 0. The second kappa shape index (κ2) is 8.70. The predicted molar refractivity (Wildman–Crippen MR) is 106 cm³/mol. The monoisotopic (exact) mass is 358 g/mol. The molecule has 0 unspecified atom stereocenters. The Morgan fingerprint density at radius 1 is 1.00 bits per heavy atom. The third-order valence-corrected chi connectivity index (χ3v) is 5.20. The van der Waals surface area contributed by atoms with Crippen molar-refractivity contribution in [3.8, 4) is 0 Å². The molecular weight excluding hydrogens is 324 g/mol. The zero-order valence-corrected chi connectivity index (χ0v) is 16.9. The first-order chi connectivity index (χ1) is 12.2. The third kappa shape index (κ3) is 5.58. The van der Waals surface area contributed by atoms with Crippen LogP contribution in [0.5, 0.6) is 0 Å². The maximum Gasteiger partial charge on any atom is 0.251 e. The fraction of sp³-hybridized carbons (Fsp3) is 0.636. The van der Waals surface area contributed by atoms with Gasteiger partial charge in [-0.1, -0.05) is 66.0 Å². The summed E-state index contributed by atoms with van der Waals surface area (Å²) in [5.74, 6) is -0.217. The van der Waals surface area contributed by atoms with E-state index in [2.05, 4.69) is 31.4 Å². The molecule has 0 radical (unpaired) electrons. The lowest BCUT2D eigenvalue weighted by molar-refractivity contribution is -0.124. The van der Waals surface area contributed by atoms with E-state index in [0.29, 0.717) is 5.56 Å². The summed E-state index contributed by atoms with van der Waals surface area (Å²) in [4.78, 5) is 25.3. The average Bonchev–Trinajstić information content (AvgIpc) is 2.59. The van der Waals surface area contributed by atoms with Crippen LogP contribution in [-0.4, -0.2) is 23.9 Å². The van der Waals surface area contributed by atoms with Crippen molar-refractivity contribution in [1.29, 1.82) is 0 Å². The Kier molecular flexibility index (Phi) is 6.85. The van der Waals surface area contributed by atoms with E-state index in [1.807, 2.05) is 38.1 Å². The summed E-state index contributed by atoms with van der Waals surface area (Å²) in [7, 11) is 0. The van der Waals surface area contributed by atoms with E-state index in [9.17, 15) is 9.59 Å². The first-order valence-corrected chi connectivity index (χ1v) is 9.90. The van der Waals surface area contributed by atoms with Gasteiger partial charge in [0, 0.05) is 11.6 Å². The van der Waals surface area contributed by atoms with Crippen LogP contribution in [0.25, 0.3) is 0 Å². The average molecular weight is 359 g/mol. The molecule has 0 bridgehead atoms. The molecule has 1 aliphatic rings. The van der Waals surface area contributed by atoms with Crippen molar-refractivity contribution >= 4 is 11.8 Å². The molecule has 1 saturated carbocycles. The normalized spacial score (nSPS) is 17.0. The lowest BCUT2D eigenvalue weighted by Crippen LogP contribution is -2.52. The highest BCUT2D eigenvalue weighted by Gasteiger charge is 2.27. The standard InChI is InChI=1S/C22H34N2O2/c1-15(2)19(21(26)23-18-9-7-6-8-10-18)24-20(25)16-11-13-17(14-12-16)22(3,4)5/h11-15,18-19H,6-10H2,1-5H3,(H,23,26)(H,24,25)/t19-/m0/s1. The summed E-state index contributed by atoms with van der Waals surface area (Å²) in [6.45, 7) is 10.4. The van der Waals surface area contributed by atoms with Crippen molar-refractivity contribution in [2.75, 3.05) is 0 Å². The minimum Gasteiger partial charge on any atom is -0.352 e. The van der Waals surface area contributed by atoms with Crippen molar-refractivity contribution in [3.63, 3.8) is 0 Å². The maximum absolute atomic E-state index is 12.7. The predicted octanol–water partition coefficient (Wildman–Crippen LogP) is 4.19. The fourth-order valence-electron chi connectivity index (χ4n) is 3.42. The molecular formula is C22H34N2O2. The van der Waals surface area contributed by atoms with E-state index in [-0.39, 0.29) is 29.2 Å². The number of nitrogens with one attached hydrogen (secondary N) is 2. The van der Waals surface area contributed by atoms with Crippen LogP contribution < -0.4 is 10.6 Å². The minimum absolute atomic E-state index is 0.0383. The van der Waals surface area contributed by atoms with E-state index in [1.54, 1.807) is 0 Å². The van der Waals surface area contributed by atoms with Crippen LogP contribution >= 0.6 is 0 Å². The Morgan fingerprint density at radius 3 is 2.08 bits per heavy atom. The Morgan fingerprint density at radius 2 is 1.58 bits per heavy atom. The summed E-state index contributed by atoms with van der Waals surface area (Å²) < 4.78 is 0. The number of hydrogen-bond donors (Lipinski definition) is 2. The van der Waals surface area contributed by atoms with Crippen LogP contribution in [0.4, 0.5) is 0 Å². The van der Waals surface area contributed by atoms with Gasteiger partial charge in [-0.2, -0.15) is 0 Å². The molecule has 2 rings (SSSR count). The third-order valence-electron chi connectivity index (χ3n) is 5.20. The molecule has 0 saturated heterocycles. The first-order valence-electron chi connectivity index (χ1n) is 9.90. The van der Waals surface area contributed by atoms with Crippen molar-refractivity contribution < 1.29 is 9.59 Å². The van der Waals surface area contributed by atoms with Crippen LogP contribution in [0, 0.1) is 5.92 Å². The lowest BCUT2D eigenvalue weighted by atomic mass is 9.86. The molecule has 2 amide bonds. The van der Waals surface area contributed by atoms with Crippen molar-refractivity contribution in [2.45, 2.75) is 84.2 Å². The molecule has 0 heterocycles. The number of carbonyl (C=O) groups is 2. The Hall–Kier alpha value is -1.84. The second-order valence-electron chi connectivity index (χ2n) is 8.87. The second-order valence-corrected chi connectivity index (χ2v) is 8.87. The molecule has 1 fully saturated rings. The topological polar surface area (TPSA) is 58.2 Å².